The lowest BCUT2D eigenvalue weighted by molar-refractivity contribution is 0.0945. The van der Waals surface area contributed by atoms with Gasteiger partial charge in [-0.2, -0.15) is 0 Å². The van der Waals surface area contributed by atoms with Crippen LogP contribution in [0.3, 0.4) is 0 Å². The Morgan fingerprint density at radius 1 is 1.20 bits per heavy atom. The molecule has 0 saturated heterocycles. The van der Waals surface area contributed by atoms with Gasteiger partial charge in [-0.25, -0.2) is 4.98 Å². The molecular weight excluding hydrogens is 250 g/mol. The van der Waals surface area contributed by atoms with Crippen molar-refractivity contribution in [3.63, 3.8) is 0 Å². The summed E-state index contributed by atoms with van der Waals surface area (Å²) in [5.41, 5.74) is 3.48. The van der Waals surface area contributed by atoms with Gasteiger partial charge in [0.1, 0.15) is 5.69 Å². The smallest absolute Gasteiger partial charge is 0.270 e. The first-order chi connectivity index (χ1) is 9.56. The summed E-state index contributed by atoms with van der Waals surface area (Å²) >= 11 is 0. The zero-order valence-corrected chi connectivity index (χ0v) is 12.1. The van der Waals surface area contributed by atoms with Gasteiger partial charge in [0.15, 0.2) is 0 Å². The Bertz CT molecular complexity index is 608. The van der Waals surface area contributed by atoms with E-state index in [2.05, 4.69) is 16.4 Å². The molecule has 1 aromatic heterocycles. The molecule has 104 valence electrons. The van der Waals surface area contributed by atoms with Crippen LogP contribution in [0.25, 0.3) is 0 Å². The number of benzene rings is 1. The Balaban J connectivity index is 2.02. The molecule has 0 bridgehead atoms. The van der Waals surface area contributed by atoms with Crippen LogP contribution in [0.4, 0.5) is 5.69 Å². The predicted octanol–water partition coefficient (Wildman–Crippen LogP) is 2.39. The van der Waals surface area contributed by atoms with Gasteiger partial charge in [-0.05, 0) is 36.8 Å². The molecule has 20 heavy (non-hydrogen) atoms. The normalized spacial score (nSPS) is 10.2. The average molecular weight is 269 g/mol. The molecule has 4 heteroatoms. The molecule has 0 aliphatic heterocycles. The third-order valence-corrected chi connectivity index (χ3v) is 3.00. The van der Waals surface area contributed by atoms with Gasteiger partial charge >= 0.3 is 0 Å². The monoisotopic (exact) mass is 269 g/mol. The molecule has 0 spiro atoms. The van der Waals surface area contributed by atoms with E-state index in [-0.39, 0.29) is 5.91 Å². The number of carbonyl (C=O) groups excluding carboxylic acids is 1. The first-order valence-electron chi connectivity index (χ1n) is 6.54. The molecule has 1 heterocycles. The minimum absolute atomic E-state index is 0.149. The number of anilines is 1. The van der Waals surface area contributed by atoms with Crippen LogP contribution < -0.4 is 10.2 Å². The zero-order valence-electron chi connectivity index (χ0n) is 12.1. The van der Waals surface area contributed by atoms with Crippen LogP contribution >= 0.6 is 0 Å². The fraction of sp³-hybridized carbons (Fsp3) is 0.250. The van der Waals surface area contributed by atoms with Gasteiger partial charge in [0, 0.05) is 32.0 Å². The van der Waals surface area contributed by atoms with E-state index in [0.29, 0.717) is 12.2 Å². The molecule has 1 aromatic carbocycles. The highest BCUT2D eigenvalue weighted by molar-refractivity contribution is 5.92. The van der Waals surface area contributed by atoms with E-state index >= 15 is 0 Å². The average Bonchev–Trinajstić information content (AvgIpc) is 2.45. The Morgan fingerprint density at radius 2 is 1.95 bits per heavy atom. The molecule has 0 fully saturated rings. The highest BCUT2D eigenvalue weighted by Crippen LogP contribution is 2.13. The van der Waals surface area contributed by atoms with Gasteiger partial charge in [-0.15, -0.1) is 0 Å². The van der Waals surface area contributed by atoms with Gasteiger partial charge in [0.2, 0.25) is 0 Å². The lowest BCUT2D eigenvalue weighted by atomic mass is 10.2. The first-order valence-corrected chi connectivity index (χ1v) is 6.54. The predicted molar refractivity (Wildman–Crippen MR) is 80.9 cm³/mol. The molecule has 0 atom stereocenters. The van der Waals surface area contributed by atoms with E-state index in [9.17, 15) is 4.79 Å². The Kier molecular flexibility index (Phi) is 4.35. The quantitative estimate of drug-likeness (QED) is 0.927. The summed E-state index contributed by atoms with van der Waals surface area (Å²) in [5.74, 6) is -0.149. The van der Waals surface area contributed by atoms with Crippen molar-refractivity contribution in [3.05, 3.63) is 59.4 Å². The summed E-state index contributed by atoms with van der Waals surface area (Å²) in [6, 6.07) is 13.5. The maximum absolute atomic E-state index is 12.0. The van der Waals surface area contributed by atoms with Crippen molar-refractivity contribution in [1.29, 1.82) is 0 Å². The van der Waals surface area contributed by atoms with Gasteiger partial charge < -0.3 is 10.2 Å². The lowest BCUT2D eigenvalue weighted by Gasteiger charge is -2.13. The highest BCUT2D eigenvalue weighted by atomic mass is 16.1. The number of nitrogens with one attached hydrogen (secondary N) is 1. The van der Waals surface area contributed by atoms with Gasteiger partial charge in [-0.3, -0.25) is 4.79 Å². The first kappa shape index (κ1) is 14.1. The van der Waals surface area contributed by atoms with Crippen LogP contribution in [0.15, 0.2) is 42.5 Å². The second-order valence-corrected chi connectivity index (χ2v) is 4.91. The maximum atomic E-state index is 12.0. The molecule has 0 aliphatic rings. The van der Waals surface area contributed by atoms with Crippen molar-refractivity contribution in [1.82, 2.24) is 10.3 Å². The molecular formula is C16H19N3O. The number of aryl methyl sites for hydroxylation is 1. The summed E-state index contributed by atoms with van der Waals surface area (Å²) in [7, 11) is 3.99. The fourth-order valence-electron chi connectivity index (χ4n) is 1.89. The minimum atomic E-state index is -0.149. The van der Waals surface area contributed by atoms with Crippen molar-refractivity contribution in [3.8, 4) is 0 Å². The molecule has 2 rings (SSSR count). The molecule has 1 N–H and O–H groups in total. The second-order valence-electron chi connectivity index (χ2n) is 4.91. The number of hydrogen-bond acceptors (Lipinski definition) is 3. The van der Waals surface area contributed by atoms with E-state index in [1.54, 1.807) is 6.07 Å². The summed E-state index contributed by atoms with van der Waals surface area (Å²) in [6.07, 6.45) is 0. The largest absolute Gasteiger partial charge is 0.378 e. The number of nitrogens with zero attached hydrogens (tertiary/aromatic N) is 2. The van der Waals surface area contributed by atoms with Crippen LogP contribution in [0.1, 0.15) is 21.7 Å². The van der Waals surface area contributed by atoms with Crippen molar-refractivity contribution in [2.24, 2.45) is 0 Å². The summed E-state index contributed by atoms with van der Waals surface area (Å²) in [5, 5.41) is 2.89. The van der Waals surface area contributed by atoms with Crippen LogP contribution in [0, 0.1) is 6.92 Å². The summed E-state index contributed by atoms with van der Waals surface area (Å²) in [6.45, 7) is 2.37. The standard InChI is InChI=1S/C16H19N3O/c1-12-6-4-9-15(18-12)16(20)17-11-13-7-5-8-14(10-13)19(2)3/h4-10H,11H2,1-3H3,(H,17,20). The molecule has 1 amide bonds. The molecule has 0 radical (unpaired) electrons. The minimum Gasteiger partial charge on any atom is -0.378 e. The van der Waals surface area contributed by atoms with Gasteiger partial charge in [-0.1, -0.05) is 18.2 Å². The number of amides is 1. The lowest BCUT2D eigenvalue weighted by Crippen LogP contribution is -2.24. The fourth-order valence-corrected chi connectivity index (χ4v) is 1.89. The molecule has 2 aromatic rings. The van der Waals surface area contributed by atoms with E-state index in [1.165, 1.54) is 0 Å². The SMILES string of the molecule is Cc1cccc(C(=O)NCc2cccc(N(C)C)c2)n1. The van der Waals surface area contributed by atoms with Crippen LogP contribution in [-0.4, -0.2) is 25.0 Å². The van der Waals surface area contributed by atoms with E-state index in [1.807, 2.05) is 56.3 Å². The molecule has 4 nitrogen and oxygen atoms in total. The summed E-state index contributed by atoms with van der Waals surface area (Å²) < 4.78 is 0. The topological polar surface area (TPSA) is 45.2 Å². The second kappa shape index (κ2) is 6.19. The number of pyridine rings is 1. The van der Waals surface area contributed by atoms with Gasteiger partial charge in [0.05, 0.1) is 0 Å². The highest BCUT2D eigenvalue weighted by Gasteiger charge is 2.07. The van der Waals surface area contributed by atoms with E-state index < -0.39 is 0 Å². The van der Waals surface area contributed by atoms with Crippen molar-refractivity contribution < 1.29 is 4.79 Å². The Labute approximate surface area is 119 Å². The van der Waals surface area contributed by atoms with Crippen molar-refractivity contribution >= 4 is 11.6 Å². The number of hydrogen-bond donors (Lipinski definition) is 1. The van der Waals surface area contributed by atoms with Crippen LogP contribution in [0.5, 0.6) is 0 Å². The third-order valence-electron chi connectivity index (χ3n) is 3.00. The van der Waals surface area contributed by atoms with Gasteiger partial charge in [0.25, 0.3) is 5.91 Å². The number of carbonyl (C=O) groups is 1. The third kappa shape index (κ3) is 3.57. The van der Waals surface area contributed by atoms with Crippen molar-refractivity contribution in [2.45, 2.75) is 13.5 Å². The molecule has 0 unspecified atom stereocenters. The summed E-state index contributed by atoms with van der Waals surface area (Å²) in [4.78, 5) is 18.3. The Morgan fingerprint density at radius 3 is 2.65 bits per heavy atom. The number of aromatic nitrogens is 1. The van der Waals surface area contributed by atoms with E-state index in [0.717, 1.165) is 16.9 Å². The molecule has 0 aliphatic carbocycles. The van der Waals surface area contributed by atoms with E-state index in [4.69, 9.17) is 0 Å². The van der Waals surface area contributed by atoms with Crippen LogP contribution in [0.2, 0.25) is 0 Å². The maximum Gasteiger partial charge on any atom is 0.270 e. The van der Waals surface area contributed by atoms with Crippen LogP contribution in [-0.2, 0) is 6.54 Å². The Hall–Kier alpha value is -2.36. The number of rotatable bonds is 4. The van der Waals surface area contributed by atoms with Crippen molar-refractivity contribution in [2.75, 3.05) is 19.0 Å². The molecule has 0 saturated carbocycles. The zero-order chi connectivity index (χ0) is 14.5.